The van der Waals surface area contributed by atoms with Crippen molar-refractivity contribution >= 4 is 5.69 Å². The van der Waals surface area contributed by atoms with Crippen LogP contribution in [0.15, 0.2) is 36.4 Å². The van der Waals surface area contributed by atoms with Crippen molar-refractivity contribution in [2.75, 3.05) is 18.5 Å². The number of hydrogen-bond donors (Lipinski definition) is 1. The highest BCUT2D eigenvalue weighted by Gasteiger charge is 2.31. The second-order valence-corrected chi connectivity index (χ2v) is 5.52. The largest absolute Gasteiger partial charge is 0.490 e. The summed E-state index contributed by atoms with van der Waals surface area (Å²) in [7, 11) is 0. The number of fused-ring (bicyclic) bond motifs is 1. The van der Waals surface area contributed by atoms with Gasteiger partial charge in [-0.2, -0.15) is 18.4 Å². The lowest BCUT2D eigenvalue weighted by molar-refractivity contribution is -0.137. The number of benzene rings is 2. The molecule has 0 unspecified atom stereocenters. The topological polar surface area (TPSA) is 54.3 Å². The predicted octanol–water partition coefficient (Wildman–Crippen LogP) is 4.35. The molecule has 7 heteroatoms. The Bertz CT molecular complexity index is 813. The molecule has 2 aromatic carbocycles. The van der Waals surface area contributed by atoms with Gasteiger partial charge in [-0.25, -0.2) is 0 Å². The van der Waals surface area contributed by atoms with E-state index in [0.717, 1.165) is 24.1 Å². The number of rotatable bonds is 3. The first-order chi connectivity index (χ1) is 12.0. The minimum Gasteiger partial charge on any atom is -0.490 e. The summed E-state index contributed by atoms with van der Waals surface area (Å²) < 4.78 is 49.6. The van der Waals surface area contributed by atoms with Crippen molar-refractivity contribution in [1.82, 2.24) is 0 Å². The van der Waals surface area contributed by atoms with E-state index < -0.39 is 11.7 Å². The van der Waals surface area contributed by atoms with E-state index in [1.807, 2.05) is 18.2 Å². The van der Waals surface area contributed by atoms with Gasteiger partial charge in [0.15, 0.2) is 11.5 Å². The van der Waals surface area contributed by atoms with Gasteiger partial charge in [-0.15, -0.1) is 0 Å². The van der Waals surface area contributed by atoms with E-state index in [1.165, 1.54) is 6.07 Å². The van der Waals surface area contributed by atoms with Crippen molar-refractivity contribution in [3.8, 4) is 17.6 Å². The first kappa shape index (κ1) is 17.0. The van der Waals surface area contributed by atoms with Gasteiger partial charge in [0.05, 0.1) is 30.0 Å². The van der Waals surface area contributed by atoms with Crippen LogP contribution in [0.1, 0.15) is 23.1 Å². The number of ether oxygens (including phenoxy) is 2. The first-order valence-electron chi connectivity index (χ1n) is 7.72. The summed E-state index contributed by atoms with van der Waals surface area (Å²) in [6, 6.07) is 10.3. The average Bonchev–Trinajstić information content (AvgIpc) is 2.84. The van der Waals surface area contributed by atoms with Crippen LogP contribution in [0.3, 0.4) is 0 Å². The van der Waals surface area contributed by atoms with Gasteiger partial charge in [-0.1, -0.05) is 12.1 Å². The van der Waals surface area contributed by atoms with E-state index in [0.29, 0.717) is 36.9 Å². The Morgan fingerprint density at radius 2 is 1.92 bits per heavy atom. The SMILES string of the molecule is N#Cc1cc(C(F)(F)F)ccc1NCc1cccc2c1OCCCO2. The van der Waals surface area contributed by atoms with Gasteiger partial charge >= 0.3 is 6.18 Å². The number of nitrogens with one attached hydrogen (secondary N) is 1. The third-order valence-corrected chi connectivity index (χ3v) is 3.79. The van der Waals surface area contributed by atoms with E-state index in [-0.39, 0.29) is 5.56 Å². The average molecular weight is 348 g/mol. The standard InChI is InChI=1S/C18H15F3N2O2/c19-18(20,21)14-5-6-15(13(9-14)10-22)23-11-12-3-1-4-16-17(12)25-8-2-7-24-16/h1,3-6,9,23H,2,7-8,11H2. The minimum atomic E-state index is -4.48. The monoisotopic (exact) mass is 348 g/mol. The molecule has 3 rings (SSSR count). The van der Waals surface area contributed by atoms with Crippen LogP contribution in [0.2, 0.25) is 0 Å². The molecule has 0 saturated heterocycles. The molecule has 2 aromatic rings. The number of nitrogens with zero attached hydrogens (tertiary/aromatic N) is 1. The van der Waals surface area contributed by atoms with Crippen LogP contribution in [0.4, 0.5) is 18.9 Å². The fourth-order valence-corrected chi connectivity index (χ4v) is 2.55. The van der Waals surface area contributed by atoms with Crippen molar-refractivity contribution in [1.29, 1.82) is 5.26 Å². The molecule has 0 radical (unpaired) electrons. The summed E-state index contributed by atoms with van der Waals surface area (Å²) in [4.78, 5) is 0. The van der Waals surface area contributed by atoms with E-state index in [1.54, 1.807) is 6.07 Å². The molecule has 0 spiro atoms. The summed E-state index contributed by atoms with van der Waals surface area (Å²) in [5, 5.41) is 12.1. The molecule has 1 heterocycles. The number of alkyl halides is 3. The maximum atomic E-state index is 12.8. The molecule has 1 N–H and O–H groups in total. The normalized spacial score (nSPS) is 13.7. The highest BCUT2D eigenvalue weighted by molar-refractivity contribution is 5.60. The maximum absolute atomic E-state index is 12.8. The van der Waals surface area contributed by atoms with Crippen molar-refractivity contribution < 1.29 is 22.6 Å². The zero-order chi connectivity index (χ0) is 17.9. The van der Waals surface area contributed by atoms with Gasteiger partial charge in [0.25, 0.3) is 0 Å². The fraction of sp³-hybridized carbons (Fsp3) is 0.278. The molecule has 0 saturated carbocycles. The molecule has 1 aliphatic heterocycles. The number of halogens is 3. The van der Waals surface area contributed by atoms with Crippen molar-refractivity contribution in [2.45, 2.75) is 19.1 Å². The lowest BCUT2D eigenvalue weighted by atomic mass is 10.1. The molecular formula is C18H15F3N2O2. The van der Waals surface area contributed by atoms with Gasteiger partial charge in [0.2, 0.25) is 0 Å². The van der Waals surface area contributed by atoms with Gasteiger partial charge in [-0.05, 0) is 24.3 Å². The zero-order valence-electron chi connectivity index (χ0n) is 13.2. The molecule has 130 valence electrons. The van der Waals surface area contributed by atoms with Crippen LogP contribution in [0.5, 0.6) is 11.5 Å². The highest BCUT2D eigenvalue weighted by Crippen LogP contribution is 2.35. The Morgan fingerprint density at radius 1 is 1.12 bits per heavy atom. The fourth-order valence-electron chi connectivity index (χ4n) is 2.55. The van der Waals surface area contributed by atoms with Crippen molar-refractivity contribution in [3.63, 3.8) is 0 Å². The van der Waals surface area contributed by atoms with E-state index in [2.05, 4.69) is 5.32 Å². The number of para-hydroxylation sites is 1. The van der Waals surface area contributed by atoms with E-state index in [4.69, 9.17) is 14.7 Å². The second kappa shape index (κ2) is 6.93. The Hall–Kier alpha value is -2.88. The summed E-state index contributed by atoms with van der Waals surface area (Å²) in [6.45, 7) is 1.40. The molecule has 25 heavy (non-hydrogen) atoms. The summed E-state index contributed by atoms with van der Waals surface area (Å²) in [5.74, 6) is 1.27. The Balaban J connectivity index is 1.82. The van der Waals surface area contributed by atoms with Crippen LogP contribution in [-0.2, 0) is 12.7 Å². The lowest BCUT2D eigenvalue weighted by Crippen LogP contribution is -2.08. The summed E-state index contributed by atoms with van der Waals surface area (Å²) >= 11 is 0. The maximum Gasteiger partial charge on any atom is 0.416 e. The molecule has 1 aliphatic rings. The van der Waals surface area contributed by atoms with Crippen LogP contribution in [0, 0.1) is 11.3 Å². The Morgan fingerprint density at radius 3 is 2.68 bits per heavy atom. The highest BCUT2D eigenvalue weighted by atomic mass is 19.4. The van der Waals surface area contributed by atoms with Gasteiger partial charge in [-0.3, -0.25) is 0 Å². The number of nitriles is 1. The summed E-state index contributed by atoms with van der Waals surface area (Å²) in [6.07, 6.45) is -3.70. The molecule has 0 atom stereocenters. The van der Waals surface area contributed by atoms with E-state index in [9.17, 15) is 13.2 Å². The summed E-state index contributed by atoms with van der Waals surface area (Å²) in [5.41, 5.74) is 0.236. The smallest absolute Gasteiger partial charge is 0.416 e. The molecule has 0 aromatic heterocycles. The van der Waals surface area contributed by atoms with Crippen LogP contribution in [-0.4, -0.2) is 13.2 Å². The van der Waals surface area contributed by atoms with Crippen LogP contribution in [0.25, 0.3) is 0 Å². The van der Waals surface area contributed by atoms with Gasteiger partial charge in [0, 0.05) is 18.5 Å². The number of anilines is 1. The predicted molar refractivity (Wildman–Crippen MR) is 85.5 cm³/mol. The molecule has 0 bridgehead atoms. The molecule has 0 amide bonds. The van der Waals surface area contributed by atoms with Crippen LogP contribution >= 0.6 is 0 Å². The zero-order valence-corrected chi connectivity index (χ0v) is 13.2. The molecule has 0 fully saturated rings. The molecular weight excluding hydrogens is 333 g/mol. The van der Waals surface area contributed by atoms with E-state index >= 15 is 0 Å². The minimum absolute atomic E-state index is 0.0611. The molecule has 4 nitrogen and oxygen atoms in total. The Labute approximate surface area is 142 Å². The van der Waals surface area contributed by atoms with Crippen molar-refractivity contribution in [2.24, 2.45) is 0 Å². The van der Waals surface area contributed by atoms with Gasteiger partial charge < -0.3 is 14.8 Å². The Kier molecular flexibility index (Phi) is 4.70. The third-order valence-electron chi connectivity index (χ3n) is 3.79. The third kappa shape index (κ3) is 3.79. The van der Waals surface area contributed by atoms with Crippen molar-refractivity contribution in [3.05, 3.63) is 53.1 Å². The lowest BCUT2D eigenvalue weighted by Gasteiger charge is -2.15. The number of hydrogen-bond acceptors (Lipinski definition) is 4. The molecule has 0 aliphatic carbocycles. The van der Waals surface area contributed by atoms with Gasteiger partial charge in [0.1, 0.15) is 6.07 Å². The first-order valence-corrected chi connectivity index (χ1v) is 7.72. The quantitative estimate of drug-likeness (QED) is 0.896. The van der Waals surface area contributed by atoms with Crippen LogP contribution < -0.4 is 14.8 Å². The second-order valence-electron chi connectivity index (χ2n) is 5.52.